The van der Waals surface area contributed by atoms with E-state index in [2.05, 4.69) is 9.72 Å². The van der Waals surface area contributed by atoms with Crippen LogP contribution in [0.5, 0.6) is 0 Å². The van der Waals surface area contributed by atoms with Gasteiger partial charge in [0.05, 0.1) is 23.9 Å². The van der Waals surface area contributed by atoms with Gasteiger partial charge >= 0.3 is 11.9 Å². The summed E-state index contributed by atoms with van der Waals surface area (Å²) in [6.07, 6.45) is -1.11. The third-order valence-electron chi connectivity index (χ3n) is 4.24. The van der Waals surface area contributed by atoms with Crippen molar-refractivity contribution in [1.82, 2.24) is 4.98 Å². The number of carbonyl (C=O) groups is 4. The predicted molar refractivity (Wildman–Crippen MR) is 97.3 cm³/mol. The predicted octanol–water partition coefficient (Wildman–Crippen LogP) is 3.05. The van der Waals surface area contributed by atoms with Crippen molar-refractivity contribution in [1.29, 1.82) is 0 Å². The molecule has 1 unspecified atom stereocenters. The highest BCUT2D eigenvalue weighted by Crippen LogP contribution is 2.21. The molecule has 0 saturated carbocycles. The third-order valence-corrected chi connectivity index (χ3v) is 4.24. The molecule has 0 aliphatic carbocycles. The average Bonchev–Trinajstić information content (AvgIpc) is 2.94. The number of esters is 2. The molecule has 2 rings (SSSR count). The van der Waals surface area contributed by atoms with Gasteiger partial charge in [-0.15, -0.1) is 0 Å². The van der Waals surface area contributed by atoms with Gasteiger partial charge in [-0.25, -0.2) is 9.59 Å². The molecule has 1 N–H and O–H groups in total. The minimum absolute atomic E-state index is 0.00723. The summed E-state index contributed by atoms with van der Waals surface area (Å²) >= 11 is 0. The highest BCUT2D eigenvalue weighted by atomic mass is 16.5. The van der Waals surface area contributed by atoms with E-state index >= 15 is 0 Å². The van der Waals surface area contributed by atoms with Crippen LogP contribution < -0.4 is 0 Å². The van der Waals surface area contributed by atoms with E-state index in [1.54, 1.807) is 26.0 Å². The summed E-state index contributed by atoms with van der Waals surface area (Å²) in [5.74, 6) is -2.11. The second-order valence-corrected chi connectivity index (χ2v) is 6.13. The van der Waals surface area contributed by atoms with Crippen LogP contribution in [0.2, 0.25) is 0 Å². The van der Waals surface area contributed by atoms with Crippen molar-refractivity contribution in [3.8, 4) is 0 Å². The molecule has 0 aliphatic rings. The first-order chi connectivity index (χ1) is 12.7. The lowest BCUT2D eigenvalue weighted by atomic mass is 10.0. The van der Waals surface area contributed by atoms with E-state index in [9.17, 15) is 19.2 Å². The summed E-state index contributed by atoms with van der Waals surface area (Å²) in [6.45, 7) is 6.22. The number of carbonyl (C=O) groups excluding carboxylic acids is 4. The zero-order chi connectivity index (χ0) is 20.3. The molecule has 0 radical (unpaired) electrons. The minimum Gasteiger partial charge on any atom is -0.465 e. The van der Waals surface area contributed by atoms with Gasteiger partial charge in [-0.1, -0.05) is 12.1 Å². The second-order valence-electron chi connectivity index (χ2n) is 6.13. The van der Waals surface area contributed by atoms with Crippen molar-refractivity contribution in [2.24, 2.45) is 0 Å². The van der Waals surface area contributed by atoms with Crippen LogP contribution in [0.15, 0.2) is 24.3 Å². The number of Topliss-reactive ketones (excluding diaryl/α,β-unsaturated/α-hetero) is 2. The summed E-state index contributed by atoms with van der Waals surface area (Å²) in [5.41, 5.74) is 1.83. The van der Waals surface area contributed by atoms with Crippen molar-refractivity contribution in [3.05, 3.63) is 57.9 Å². The number of ketones is 2. The largest absolute Gasteiger partial charge is 0.465 e. The molecule has 1 aromatic heterocycles. The summed E-state index contributed by atoms with van der Waals surface area (Å²) in [7, 11) is 1.21. The van der Waals surface area contributed by atoms with Crippen molar-refractivity contribution in [2.45, 2.75) is 33.8 Å². The molecule has 27 heavy (non-hydrogen) atoms. The Morgan fingerprint density at radius 3 is 2.04 bits per heavy atom. The molecule has 0 bridgehead atoms. The second kappa shape index (κ2) is 7.99. The number of H-pyrrole nitrogens is 1. The van der Waals surface area contributed by atoms with E-state index in [1.165, 1.54) is 33.1 Å². The molecule has 1 atom stereocenters. The van der Waals surface area contributed by atoms with Crippen molar-refractivity contribution < 1.29 is 28.7 Å². The summed E-state index contributed by atoms with van der Waals surface area (Å²) in [6, 6.07) is 6.02. The molecule has 142 valence electrons. The molecule has 1 aromatic carbocycles. The Morgan fingerprint density at radius 2 is 1.56 bits per heavy atom. The van der Waals surface area contributed by atoms with Crippen molar-refractivity contribution >= 4 is 23.5 Å². The van der Waals surface area contributed by atoms with Crippen LogP contribution in [-0.4, -0.2) is 41.7 Å². The Hall–Kier alpha value is -3.22. The van der Waals surface area contributed by atoms with E-state index in [0.717, 1.165) is 0 Å². The Morgan fingerprint density at radius 1 is 1.00 bits per heavy atom. The summed E-state index contributed by atoms with van der Waals surface area (Å²) in [5, 5.41) is 0. The Bertz CT molecular complexity index is 925. The topological polar surface area (TPSA) is 103 Å². The van der Waals surface area contributed by atoms with Crippen LogP contribution in [0.1, 0.15) is 66.7 Å². The molecule has 0 saturated heterocycles. The molecule has 0 fully saturated rings. The number of hydrogen-bond donors (Lipinski definition) is 1. The van der Waals surface area contributed by atoms with E-state index in [1.807, 2.05) is 0 Å². The van der Waals surface area contributed by atoms with Gasteiger partial charge in [-0.3, -0.25) is 9.59 Å². The zero-order valence-corrected chi connectivity index (χ0v) is 15.8. The lowest BCUT2D eigenvalue weighted by molar-refractivity contribution is 0.0311. The normalized spacial score (nSPS) is 11.6. The summed E-state index contributed by atoms with van der Waals surface area (Å²) in [4.78, 5) is 51.5. The van der Waals surface area contributed by atoms with Crippen LogP contribution in [0.4, 0.5) is 0 Å². The molecule has 0 spiro atoms. The maximum absolute atomic E-state index is 12.7. The maximum atomic E-state index is 12.7. The SMILES string of the molecule is COC(=O)c1ccccc1C(=O)OC(C)C(=O)c1[nH]c(C)c(C(C)=O)c1C. The van der Waals surface area contributed by atoms with E-state index in [0.29, 0.717) is 16.8 Å². The minimum atomic E-state index is -1.11. The Kier molecular flexibility index (Phi) is 5.95. The number of rotatable bonds is 6. The maximum Gasteiger partial charge on any atom is 0.339 e. The monoisotopic (exact) mass is 371 g/mol. The van der Waals surface area contributed by atoms with Gasteiger partial charge in [0.15, 0.2) is 11.9 Å². The molecule has 2 aromatic rings. The van der Waals surface area contributed by atoms with Crippen molar-refractivity contribution in [3.63, 3.8) is 0 Å². The zero-order valence-electron chi connectivity index (χ0n) is 15.8. The molecule has 7 heteroatoms. The number of aryl methyl sites for hydroxylation is 1. The van der Waals surface area contributed by atoms with Gasteiger partial charge in [-0.2, -0.15) is 0 Å². The molecule has 0 aliphatic heterocycles. The van der Waals surface area contributed by atoms with Gasteiger partial charge in [0.1, 0.15) is 0 Å². The number of hydrogen-bond acceptors (Lipinski definition) is 6. The van der Waals surface area contributed by atoms with Gasteiger partial charge < -0.3 is 14.5 Å². The number of benzene rings is 1. The van der Waals surface area contributed by atoms with Gasteiger partial charge in [0.25, 0.3) is 0 Å². The van der Waals surface area contributed by atoms with Gasteiger partial charge in [0, 0.05) is 11.3 Å². The molecular formula is C20H21NO6. The number of aromatic nitrogens is 1. The summed E-state index contributed by atoms with van der Waals surface area (Å²) < 4.78 is 9.90. The van der Waals surface area contributed by atoms with E-state index in [4.69, 9.17) is 4.74 Å². The smallest absolute Gasteiger partial charge is 0.339 e. The van der Waals surface area contributed by atoms with Gasteiger partial charge in [0.2, 0.25) is 5.78 Å². The standard InChI is InChI=1S/C20H21NO6/c1-10-16(12(3)22)11(2)21-17(10)18(23)13(4)27-20(25)15-9-7-6-8-14(15)19(24)26-5/h6-9,13,21H,1-5H3. The number of methoxy groups -OCH3 is 1. The lowest BCUT2D eigenvalue weighted by Gasteiger charge is -2.13. The fourth-order valence-corrected chi connectivity index (χ4v) is 2.95. The van der Waals surface area contributed by atoms with E-state index in [-0.39, 0.29) is 22.6 Å². The first kappa shape index (κ1) is 20.1. The van der Waals surface area contributed by atoms with Crippen LogP contribution in [0.3, 0.4) is 0 Å². The number of ether oxygens (including phenoxy) is 2. The Balaban J connectivity index is 2.26. The fourth-order valence-electron chi connectivity index (χ4n) is 2.95. The number of nitrogens with one attached hydrogen (secondary N) is 1. The van der Waals surface area contributed by atoms with Crippen molar-refractivity contribution in [2.75, 3.05) is 7.11 Å². The molecular weight excluding hydrogens is 350 g/mol. The molecule has 7 nitrogen and oxygen atoms in total. The Labute approximate surface area is 156 Å². The third kappa shape index (κ3) is 3.97. The lowest BCUT2D eigenvalue weighted by Crippen LogP contribution is -2.26. The quantitative estimate of drug-likeness (QED) is 0.618. The highest BCUT2D eigenvalue weighted by molar-refractivity contribution is 6.07. The van der Waals surface area contributed by atoms with Crippen LogP contribution in [-0.2, 0) is 9.47 Å². The van der Waals surface area contributed by atoms with Crippen LogP contribution in [0, 0.1) is 13.8 Å². The molecule has 0 amide bonds. The first-order valence-corrected chi connectivity index (χ1v) is 8.31. The average molecular weight is 371 g/mol. The van der Waals surface area contributed by atoms with Crippen LogP contribution in [0.25, 0.3) is 0 Å². The number of aromatic amines is 1. The fraction of sp³-hybridized carbons (Fsp3) is 0.300. The first-order valence-electron chi connectivity index (χ1n) is 8.31. The molecule has 1 heterocycles. The highest BCUT2D eigenvalue weighted by Gasteiger charge is 2.27. The van der Waals surface area contributed by atoms with E-state index < -0.39 is 23.8 Å². The van der Waals surface area contributed by atoms with Gasteiger partial charge in [-0.05, 0) is 45.4 Å². The van der Waals surface area contributed by atoms with Crippen LogP contribution >= 0.6 is 0 Å².